The molecular formula is C15H15N3O2. The molecule has 0 unspecified atom stereocenters. The number of hydrogen-bond acceptors (Lipinski definition) is 3. The SMILES string of the molecule is Cc1cc(C#CCO)cc(NC(=O)c2cnn(C)c2)c1. The lowest BCUT2D eigenvalue weighted by atomic mass is 10.1. The van der Waals surface area contributed by atoms with Crippen molar-refractivity contribution >= 4 is 11.6 Å². The van der Waals surface area contributed by atoms with E-state index >= 15 is 0 Å². The normalized spacial score (nSPS) is 9.75. The smallest absolute Gasteiger partial charge is 0.258 e. The Hall–Kier alpha value is -2.58. The van der Waals surface area contributed by atoms with Crippen molar-refractivity contribution < 1.29 is 9.90 Å². The number of aliphatic hydroxyl groups excluding tert-OH is 1. The van der Waals surface area contributed by atoms with E-state index in [1.807, 2.05) is 19.1 Å². The molecule has 1 aromatic carbocycles. The Labute approximate surface area is 117 Å². The lowest BCUT2D eigenvalue weighted by molar-refractivity contribution is 0.102. The van der Waals surface area contributed by atoms with Crippen LogP contribution in [0, 0.1) is 18.8 Å². The number of nitrogens with zero attached hydrogens (tertiary/aromatic N) is 2. The van der Waals surface area contributed by atoms with Crippen molar-refractivity contribution in [3.63, 3.8) is 0 Å². The molecule has 0 aliphatic heterocycles. The molecule has 102 valence electrons. The van der Waals surface area contributed by atoms with Crippen molar-refractivity contribution in [2.24, 2.45) is 7.05 Å². The number of hydrogen-bond donors (Lipinski definition) is 2. The Morgan fingerprint density at radius 1 is 1.45 bits per heavy atom. The Kier molecular flexibility index (Phi) is 4.18. The first-order chi connectivity index (χ1) is 9.58. The van der Waals surface area contributed by atoms with Gasteiger partial charge in [-0.2, -0.15) is 5.10 Å². The molecule has 5 heteroatoms. The van der Waals surface area contributed by atoms with Gasteiger partial charge in [0.1, 0.15) is 6.61 Å². The maximum absolute atomic E-state index is 12.0. The number of aromatic nitrogens is 2. The van der Waals surface area contributed by atoms with Crippen LogP contribution >= 0.6 is 0 Å². The molecule has 0 radical (unpaired) electrons. The van der Waals surface area contributed by atoms with Gasteiger partial charge in [0, 0.05) is 24.5 Å². The number of amides is 1. The molecule has 20 heavy (non-hydrogen) atoms. The molecule has 1 heterocycles. The summed E-state index contributed by atoms with van der Waals surface area (Å²) in [7, 11) is 1.76. The van der Waals surface area contributed by atoms with E-state index < -0.39 is 0 Å². The van der Waals surface area contributed by atoms with E-state index in [1.54, 1.807) is 24.0 Å². The fraction of sp³-hybridized carbons (Fsp3) is 0.200. The van der Waals surface area contributed by atoms with Crippen LogP contribution < -0.4 is 5.32 Å². The number of anilines is 1. The number of nitrogens with one attached hydrogen (secondary N) is 1. The lowest BCUT2D eigenvalue weighted by Crippen LogP contribution is -2.11. The number of benzene rings is 1. The molecule has 0 spiro atoms. The standard InChI is InChI=1S/C15H15N3O2/c1-11-6-12(4-3-5-19)8-14(7-11)17-15(20)13-9-16-18(2)10-13/h6-10,19H,5H2,1-2H3,(H,17,20). The molecule has 0 aliphatic carbocycles. The summed E-state index contributed by atoms with van der Waals surface area (Å²) in [5, 5.41) is 15.5. The second kappa shape index (κ2) is 6.04. The van der Waals surface area contributed by atoms with Crippen molar-refractivity contribution in [2.45, 2.75) is 6.92 Å². The molecule has 1 aromatic heterocycles. The third kappa shape index (κ3) is 3.46. The van der Waals surface area contributed by atoms with Gasteiger partial charge in [0.2, 0.25) is 0 Å². The first kappa shape index (κ1) is 13.8. The van der Waals surface area contributed by atoms with Crippen molar-refractivity contribution in [3.8, 4) is 11.8 Å². The van der Waals surface area contributed by atoms with E-state index in [4.69, 9.17) is 5.11 Å². The van der Waals surface area contributed by atoms with Crippen molar-refractivity contribution in [1.29, 1.82) is 0 Å². The summed E-state index contributed by atoms with van der Waals surface area (Å²) in [5.74, 6) is 5.19. The van der Waals surface area contributed by atoms with Crippen LogP contribution in [0.25, 0.3) is 0 Å². The van der Waals surface area contributed by atoms with Crippen LogP contribution in [0.3, 0.4) is 0 Å². The van der Waals surface area contributed by atoms with Crippen LogP contribution in [0.1, 0.15) is 21.5 Å². The average molecular weight is 269 g/mol. The highest BCUT2D eigenvalue weighted by Crippen LogP contribution is 2.15. The Balaban J connectivity index is 2.20. The Bertz CT molecular complexity index is 693. The van der Waals surface area contributed by atoms with Gasteiger partial charge in [0.05, 0.1) is 11.8 Å². The first-order valence-corrected chi connectivity index (χ1v) is 6.10. The number of carbonyl (C=O) groups excluding carboxylic acids is 1. The molecule has 5 nitrogen and oxygen atoms in total. The molecule has 0 atom stereocenters. The topological polar surface area (TPSA) is 67.2 Å². The monoisotopic (exact) mass is 269 g/mol. The second-order valence-electron chi connectivity index (χ2n) is 4.40. The molecule has 2 aromatic rings. The summed E-state index contributed by atoms with van der Waals surface area (Å²) in [4.78, 5) is 12.0. The summed E-state index contributed by atoms with van der Waals surface area (Å²) in [6.07, 6.45) is 3.16. The third-order valence-corrected chi connectivity index (χ3v) is 2.61. The van der Waals surface area contributed by atoms with Gasteiger partial charge in [-0.1, -0.05) is 11.8 Å². The molecular weight excluding hydrogens is 254 g/mol. The summed E-state index contributed by atoms with van der Waals surface area (Å²) in [6.45, 7) is 1.73. The van der Waals surface area contributed by atoms with E-state index in [0.29, 0.717) is 11.3 Å². The first-order valence-electron chi connectivity index (χ1n) is 6.10. The van der Waals surface area contributed by atoms with Gasteiger partial charge < -0.3 is 10.4 Å². The van der Waals surface area contributed by atoms with Crippen LogP contribution in [0.4, 0.5) is 5.69 Å². The van der Waals surface area contributed by atoms with Crippen LogP contribution in [-0.4, -0.2) is 27.4 Å². The van der Waals surface area contributed by atoms with E-state index in [1.165, 1.54) is 6.20 Å². The predicted octanol–water partition coefficient (Wildman–Crippen LogP) is 1.32. The van der Waals surface area contributed by atoms with Crippen molar-refractivity contribution in [3.05, 3.63) is 47.3 Å². The van der Waals surface area contributed by atoms with E-state index in [-0.39, 0.29) is 12.5 Å². The zero-order valence-electron chi connectivity index (χ0n) is 11.3. The van der Waals surface area contributed by atoms with Crippen LogP contribution in [0.15, 0.2) is 30.6 Å². The molecule has 0 saturated heterocycles. The lowest BCUT2D eigenvalue weighted by Gasteiger charge is -2.05. The summed E-state index contributed by atoms with van der Waals surface area (Å²) in [6, 6.07) is 5.52. The zero-order chi connectivity index (χ0) is 14.5. The van der Waals surface area contributed by atoms with Crippen LogP contribution in [-0.2, 0) is 7.05 Å². The number of aliphatic hydroxyl groups is 1. The van der Waals surface area contributed by atoms with Crippen LogP contribution in [0.2, 0.25) is 0 Å². The molecule has 2 rings (SSSR count). The van der Waals surface area contributed by atoms with Gasteiger partial charge in [0.15, 0.2) is 0 Å². The highest BCUT2D eigenvalue weighted by molar-refractivity contribution is 6.04. The molecule has 1 amide bonds. The van der Waals surface area contributed by atoms with Gasteiger partial charge in [-0.05, 0) is 30.7 Å². The zero-order valence-corrected chi connectivity index (χ0v) is 11.3. The highest BCUT2D eigenvalue weighted by atomic mass is 16.2. The van der Waals surface area contributed by atoms with Gasteiger partial charge in [-0.15, -0.1) is 0 Å². The average Bonchev–Trinajstić information content (AvgIpc) is 2.82. The van der Waals surface area contributed by atoms with Gasteiger partial charge in [-0.25, -0.2) is 0 Å². The maximum Gasteiger partial charge on any atom is 0.258 e. The number of aryl methyl sites for hydroxylation is 2. The highest BCUT2D eigenvalue weighted by Gasteiger charge is 2.08. The van der Waals surface area contributed by atoms with E-state index in [9.17, 15) is 4.79 Å². The second-order valence-corrected chi connectivity index (χ2v) is 4.40. The molecule has 0 fully saturated rings. The van der Waals surface area contributed by atoms with Crippen molar-refractivity contribution in [2.75, 3.05) is 11.9 Å². The third-order valence-electron chi connectivity index (χ3n) is 2.61. The predicted molar refractivity (Wildman–Crippen MR) is 76.3 cm³/mol. The van der Waals surface area contributed by atoms with Gasteiger partial charge >= 0.3 is 0 Å². The van der Waals surface area contributed by atoms with E-state index in [2.05, 4.69) is 22.3 Å². The fourth-order valence-corrected chi connectivity index (χ4v) is 1.81. The summed E-state index contributed by atoms with van der Waals surface area (Å²) >= 11 is 0. The minimum absolute atomic E-state index is 0.189. The number of carbonyl (C=O) groups is 1. The summed E-state index contributed by atoms with van der Waals surface area (Å²) < 4.78 is 1.57. The quantitative estimate of drug-likeness (QED) is 0.808. The van der Waals surface area contributed by atoms with Crippen molar-refractivity contribution in [1.82, 2.24) is 9.78 Å². The van der Waals surface area contributed by atoms with E-state index in [0.717, 1.165) is 11.1 Å². The largest absolute Gasteiger partial charge is 0.384 e. The van der Waals surface area contributed by atoms with Gasteiger partial charge in [-0.3, -0.25) is 9.48 Å². The molecule has 0 aliphatic rings. The molecule has 2 N–H and O–H groups in total. The fourth-order valence-electron chi connectivity index (χ4n) is 1.81. The Morgan fingerprint density at radius 3 is 2.90 bits per heavy atom. The van der Waals surface area contributed by atoms with Gasteiger partial charge in [0.25, 0.3) is 5.91 Å². The minimum atomic E-state index is -0.218. The summed E-state index contributed by atoms with van der Waals surface area (Å²) in [5.41, 5.74) is 2.90. The van der Waals surface area contributed by atoms with Crippen LogP contribution in [0.5, 0.6) is 0 Å². The molecule has 0 bridgehead atoms. The maximum atomic E-state index is 12.0. The number of rotatable bonds is 2. The Morgan fingerprint density at radius 2 is 2.25 bits per heavy atom. The minimum Gasteiger partial charge on any atom is -0.384 e. The molecule has 0 saturated carbocycles.